The first-order valence-electron chi connectivity index (χ1n) is 12.4. The lowest BCUT2D eigenvalue weighted by Crippen LogP contribution is -2.67. The van der Waals surface area contributed by atoms with Crippen LogP contribution in [0.4, 0.5) is 9.59 Å². The predicted octanol–water partition coefficient (Wildman–Crippen LogP) is 2.18. The normalized spacial score (nSPS) is 17.5. The van der Waals surface area contributed by atoms with E-state index in [1.54, 1.807) is 49.4 Å². The zero-order chi connectivity index (χ0) is 29.0. The van der Waals surface area contributed by atoms with Crippen molar-refractivity contribution in [1.29, 1.82) is 0 Å². The Kier molecular flexibility index (Phi) is 11.4. The highest BCUT2D eigenvalue weighted by Gasteiger charge is 2.54. The van der Waals surface area contributed by atoms with E-state index in [0.717, 1.165) is 17.7 Å². The van der Waals surface area contributed by atoms with Crippen molar-refractivity contribution < 1.29 is 38.6 Å². The minimum atomic E-state index is -1.55. The number of rotatable bonds is 11. The number of urea groups is 1. The topological polar surface area (TPSA) is 191 Å². The molecule has 1 heterocycles. The van der Waals surface area contributed by atoms with E-state index in [0.29, 0.717) is 12.2 Å². The van der Waals surface area contributed by atoms with Gasteiger partial charge < -0.3 is 26.0 Å². The molecule has 2 unspecified atom stereocenters. The first-order valence-corrected chi connectivity index (χ1v) is 12.4. The lowest BCUT2D eigenvalue weighted by Gasteiger charge is -2.39. The number of nitrogens with one attached hydrogen (secondary N) is 1. The molecule has 12 nitrogen and oxygen atoms in total. The minimum Gasteiger partial charge on any atom is -0.507 e. The molecule has 6 N–H and O–H groups in total. The molecular formula is C27H34N4O8. The van der Waals surface area contributed by atoms with Gasteiger partial charge in [-0.2, -0.15) is 0 Å². The van der Waals surface area contributed by atoms with Crippen LogP contribution in [-0.4, -0.2) is 65.7 Å². The molecule has 1 fully saturated rings. The van der Waals surface area contributed by atoms with E-state index >= 15 is 0 Å². The molecular weight excluding hydrogens is 508 g/mol. The summed E-state index contributed by atoms with van der Waals surface area (Å²) in [5.41, 5.74) is 9.12. The van der Waals surface area contributed by atoms with Crippen LogP contribution in [0.25, 0.3) is 0 Å². The fourth-order valence-corrected chi connectivity index (χ4v) is 3.99. The van der Waals surface area contributed by atoms with Crippen molar-refractivity contribution >= 4 is 29.8 Å². The Labute approximate surface area is 226 Å². The Morgan fingerprint density at radius 1 is 1.03 bits per heavy atom. The number of barbiturate groups is 1. The number of nitrogens with two attached hydrogens (primary N) is 2. The quantitative estimate of drug-likeness (QED) is 0.245. The largest absolute Gasteiger partial charge is 0.507 e. The number of para-hydroxylation sites is 1. The second-order valence-electron chi connectivity index (χ2n) is 8.67. The standard InChI is InChI=1S/C20H27N3O6.C7H7NO2/c1-3-5-11-28-13-15(29-18(21)26)12-23-17(25)20(4-2,16(24)22-19(23)27)14-9-7-6-8-10-14;8-7(10)5-3-1-2-4-6(5)9/h6-10,15H,3-5,11-13H2,1-2H3,(H2,21,26)(H,22,24,27);1-4,9H,(H2,8,10). The maximum absolute atomic E-state index is 13.3. The highest BCUT2D eigenvalue weighted by atomic mass is 16.6. The van der Waals surface area contributed by atoms with Crippen LogP contribution < -0.4 is 16.8 Å². The molecule has 39 heavy (non-hydrogen) atoms. The molecule has 2 aromatic carbocycles. The Bertz CT molecular complexity index is 1170. The number of ether oxygens (including phenoxy) is 2. The maximum atomic E-state index is 13.3. The van der Waals surface area contributed by atoms with Crippen LogP contribution >= 0.6 is 0 Å². The third-order valence-corrected chi connectivity index (χ3v) is 6.04. The summed E-state index contributed by atoms with van der Waals surface area (Å²) < 4.78 is 10.5. The van der Waals surface area contributed by atoms with Gasteiger partial charge in [0.1, 0.15) is 11.9 Å². The molecule has 0 spiro atoms. The van der Waals surface area contributed by atoms with Crippen LogP contribution in [-0.2, 0) is 24.5 Å². The Balaban J connectivity index is 0.000000446. The number of phenols is 1. The van der Waals surface area contributed by atoms with Crippen molar-refractivity contribution in [1.82, 2.24) is 10.2 Å². The van der Waals surface area contributed by atoms with E-state index in [9.17, 15) is 24.0 Å². The SMILES string of the molecule is CCCCOCC(CN1C(=O)NC(=O)C(CC)(c2ccccc2)C1=O)OC(N)=O.NC(=O)c1ccccc1O. The molecule has 0 saturated carbocycles. The molecule has 1 saturated heterocycles. The first kappa shape index (κ1) is 30.8. The van der Waals surface area contributed by atoms with Crippen molar-refractivity contribution in [2.45, 2.75) is 44.6 Å². The fraction of sp³-hybridized carbons (Fsp3) is 0.370. The summed E-state index contributed by atoms with van der Waals surface area (Å²) in [7, 11) is 0. The summed E-state index contributed by atoms with van der Waals surface area (Å²) in [6.07, 6.45) is -0.0994. The molecule has 0 aliphatic carbocycles. The number of nitrogens with zero attached hydrogens (tertiary/aromatic N) is 1. The van der Waals surface area contributed by atoms with Crippen LogP contribution in [0.3, 0.4) is 0 Å². The molecule has 2 aromatic rings. The maximum Gasteiger partial charge on any atom is 0.404 e. The number of aromatic hydroxyl groups is 1. The highest BCUT2D eigenvalue weighted by Crippen LogP contribution is 2.33. The summed E-state index contributed by atoms with van der Waals surface area (Å²) >= 11 is 0. The van der Waals surface area contributed by atoms with Crippen LogP contribution in [0.1, 0.15) is 49.0 Å². The Morgan fingerprint density at radius 3 is 2.21 bits per heavy atom. The molecule has 0 bridgehead atoms. The molecule has 6 amide bonds. The lowest BCUT2D eigenvalue weighted by atomic mass is 9.74. The number of unbranched alkanes of at least 4 members (excludes halogenated alkanes) is 1. The summed E-state index contributed by atoms with van der Waals surface area (Å²) in [6, 6.07) is 13.8. The second kappa shape index (κ2) is 14.5. The van der Waals surface area contributed by atoms with E-state index in [1.807, 2.05) is 6.92 Å². The average Bonchev–Trinajstić information content (AvgIpc) is 2.90. The van der Waals surface area contributed by atoms with E-state index in [2.05, 4.69) is 5.32 Å². The average molecular weight is 543 g/mol. The lowest BCUT2D eigenvalue weighted by molar-refractivity contribution is -0.146. The molecule has 1 aliphatic rings. The number of primary amides is 2. The van der Waals surface area contributed by atoms with Gasteiger partial charge in [-0.15, -0.1) is 0 Å². The number of carbonyl (C=O) groups excluding carboxylic acids is 5. The molecule has 12 heteroatoms. The summed E-state index contributed by atoms with van der Waals surface area (Å²) in [5, 5.41) is 11.2. The van der Waals surface area contributed by atoms with Gasteiger partial charge in [-0.25, -0.2) is 9.59 Å². The zero-order valence-electron chi connectivity index (χ0n) is 21.9. The number of benzene rings is 2. The third-order valence-electron chi connectivity index (χ3n) is 6.04. The van der Waals surface area contributed by atoms with Crippen molar-refractivity contribution in [2.24, 2.45) is 11.5 Å². The van der Waals surface area contributed by atoms with Gasteiger partial charge >= 0.3 is 12.1 Å². The van der Waals surface area contributed by atoms with Gasteiger partial charge in [0, 0.05) is 6.61 Å². The second-order valence-corrected chi connectivity index (χ2v) is 8.67. The van der Waals surface area contributed by atoms with Crippen LogP contribution in [0, 0.1) is 0 Å². The van der Waals surface area contributed by atoms with Gasteiger partial charge in [0.2, 0.25) is 5.91 Å². The predicted molar refractivity (Wildman–Crippen MR) is 140 cm³/mol. The Hall–Kier alpha value is -4.45. The van der Waals surface area contributed by atoms with E-state index in [4.69, 9.17) is 26.0 Å². The smallest absolute Gasteiger partial charge is 0.404 e. The first-order chi connectivity index (χ1) is 18.6. The summed E-state index contributed by atoms with van der Waals surface area (Å²) in [5.74, 6) is -2.04. The third kappa shape index (κ3) is 7.77. The molecule has 0 aromatic heterocycles. The number of carbonyl (C=O) groups is 5. The summed E-state index contributed by atoms with van der Waals surface area (Å²) in [4.78, 5) is 61.1. The van der Waals surface area contributed by atoms with E-state index < -0.39 is 41.4 Å². The highest BCUT2D eigenvalue weighted by molar-refractivity contribution is 6.22. The van der Waals surface area contributed by atoms with E-state index in [1.165, 1.54) is 12.1 Å². The van der Waals surface area contributed by atoms with Crippen LogP contribution in [0.5, 0.6) is 5.75 Å². The monoisotopic (exact) mass is 542 g/mol. The molecule has 210 valence electrons. The number of hydrogen-bond acceptors (Lipinski definition) is 8. The van der Waals surface area contributed by atoms with Crippen molar-refractivity contribution in [3.05, 3.63) is 65.7 Å². The number of amides is 6. The van der Waals surface area contributed by atoms with Crippen molar-refractivity contribution in [3.8, 4) is 5.75 Å². The van der Waals surface area contributed by atoms with Gasteiger partial charge in [-0.3, -0.25) is 24.6 Å². The van der Waals surface area contributed by atoms with Gasteiger partial charge in [0.15, 0.2) is 5.41 Å². The molecule has 1 aliphatic heterocycles. The van der Waals surface area contributed by atoms with Crippen LogP contribution in [0.15, 0.2) is 54.6 Å². The van der Waals surface area contributed by atoms with Gasteiger partial charge in [0.05, 0.1) is 18.7 Å². The molecule has 2 atom stereocenters. The number of hydrogen-bond donors (Lipinski definition) is 4. The van der Waals surface area contributed by atoms with Crippen molar-refractivity contribution in [3.63, 3.8) is 0 Å². The van der Waals surface area contributed by atoms with Crippen molar-refractivity contribution in [2.75, 3.05) is 19.8 Å². The van der Waals surface area contributed by atoms with Gasteiger partial charge in [-0.05, 0) is 30.5 Å². The minimum absolute atomic E-state index is 0.0294. The van der Waals surface area contributed by atoms with E-state index in [-0.39, 0.29) is 30.9 Å². The fourth-order valence-electron chi connectivity index (χ4n) is 3.99. The zero-order valence-corrected chi connectivity index (χ0v) is 21.9. The Morgan fingerprint density at radius 2 is 1.67 bits per heavy atom. The number of imide groups is 2. The summed E-state index contributed by atoms with van der Waals surface area (Å²) in [6.45, 7) is 3.84. The van der Waals surface area contributed by atoms with Gasteiger partial charge in [0.25, 0.3) is 11.8 Å². The van der Waals surface area contributed by atoms with Gasteiger partial charge in [-0.1, -0.05) is 62.7 Å². The molecule has 3 rings (SSSR count). The van der Waals surface area contributed by atoms with Crippen LogP contribution in [0.2, 0.25) is 0 Å². The molecule has 0 radical (unpaired) electrons.